The van der Waals surface area contributed by atoms with Crippen molar-refractivity contribution >= 4 is 19.8 Å². The van der Waals surface area contributed by atoms with Crippen molar-refractivity contribution in [3.05, 3.63) is 36.5 Å². The lowest BCUT2D eigenvalue weighted by molar-refractivity contribution is -0.870. The van der Waals surface area contributed by atoms with Crippen molar-refractivity contribution in [1.29, 1.82) is 0 Å². The van der Waals surface area contributed by atoms with Gasteiger partial charge >= 0.3 is 11.9 Å². The summed E-state index contributed by atoms with van der Waals surface area (Å²) in [4.78, 5) is 37.4. The summed E-state index contributed by atoms with van der Waals surface area (Å²) in [6, 6.07) is 0. The Hall–Kier alpha value is -1.81. The number of ether oxygens (including phenoxy) is 2. The number of aliphatic hydroxyl groups is 1. The number of phosphoric ester groups is 1. The van der Waals surface area contributed by atoms with Crippen LogP contribution in [-0.4, -0.2) is 81.2 Å². The van der Waals surface area contributed by atoms with Crippen molar-refractivity contribution in [2.24, 2.45) is 0 Å². The SMILES string of the molecule is CC/C=C/C/C=C/C=C/C(O)CCCCCCCC(=O)O[C@H](COC(=O)CCCCCCCCCCCCC)COP(=O)([O-])OCC[N+](C)(C)C. The standard InChI is InChI=1S/C40H74NO9P/c1-6-8-10-12-14-15-16-17-19-23-27-31-39(43)47-35-38(36-49-51(45,46)48-34-33-41(3,4)5)50-40(44)32-28-24-20-22-26-30-37(42)29-25-21-18-13-11-9-7-2/h9,11,18,21,25,29,37-38,42H,6-8,10,12-17,19-20,22-24,26-28,30-36H2,1-5H3/b11-9+,21-18+,29-25+/t37?,38-/m1/s1. The normalized spacial score (nSPS) is 14.7. The third-order valence-corrected chi connectivity index (χ3v) is 9.24. The van der Waals surface area contributed by atoms with E-state index in [0.29, 0.717) is 23.9 Å². The molecule has 0 aromatic heterocycles. The Morgan fingerprint density at radius 2 is 1.29 bits per heavy atom. The fraction of sp³-hybridized carbons (Fsp3) is 0.800. The molecule has 0 aliphatic carbocycles. The molecule has 10 nitrogen and oxygen atoms in total. The number of carbonyl (C=O) groups is 2. The average Bonchev–Trinajstić information content (AvgIpc) is 3.06. The maximum absolute atomic E-state index is 12.6. The topological polar surface area (TPSA) is 131 Å². The third kappa shape index (κ3) is 36.3. The van der Waals surface area contributed by atoms with E-state index in [1.54, 1.807) is 6.08 Å². The molecule has 0 aromatic carbocycles. The fourth-order valence-corrected chi connectivity index (χ4v) is 5.86. The molecule has 0 fully saturated rings. The van der Waals surface area contributed by atoms with Gasteiger partial charge in [0.1, 0.15) is 19.8 Å². The highest BCUT2D eigenvalue weighted by molar-refractivity contribution is 7.45. The van der Waals surface area contributed by atoms with Crippen LogP contribution in [0.2, 0.25) is 0 Å². The van der Waals surface area contributed by atoms with E-state index in [0.717, 1.165) is 57.8 Å². The zero-order chi connectivity index (χ0) is 38.1. The molecule has 0 amide bonds. The second-order valence-corrected chi connectivity index (χ2v) is 15.9. The molecule has 0 rings (SSSR count). The van der Waals surface area contributed by atoms with E-state index in [1.165, 1.54) is 51.4 Å². The molecule has 0 aromatic rings. The monoisotopic (exact) mass is 744 g/mol. The number of allylic oxidation sites excluding steroid dienone is 5. The fourth-order valence-electron chi connectivity index (χ4n) is 5.13. The number of unbranched alkanes of at least 4 members (excludes halogenated alkanes) is 14. The van der Waals surface area contributed by atoms with E-state index >= 15 is 0 Å². The van der Waals surface area contributed by atoms with Crippen molar-refractivity contribution in [3.63, 3.8) is 0 Å². The van der Waals surface area contributed by atoms with Crippen LogP contribution in [0, 0.1) is 0 Å². The lowest BCUT2D eigenvalue weighted by atomic mass is 10.1. The van der Waals surface area contributed by atoms with Gasteiger partial charge in [-0.1, -0.05) is 140 Å². The minimum atomic E-state index is -4.64. The molecule has 0 saturated heterocycles. The number of aliphatic hydroxyl groups excluding tert-OH is 1. The summed E-state index contributed by atoms with van der Waals surface area (Å²) >= 11 is 0. The maximum atomic E-state index is 12.6. The third-order valence-electron chi connectivity index (χ3n) is 8.28. The zero-order valence-corrected chi connectivity index (χ0v) is 33.8. The quantitative estimate of drug-likeness (QED) is 0.0169. The minimum absolute atomic E-state index is 0.0487. The molecule has 0 spiro atoms. The number of carbonyl (C=O) groups excluding carboxylic acids is 2. The summed E-state index contributed by atoms with van der Waals surface area (Å²) in [5.41, 5.74) is 0. The molecule has 298 valence electrons. The van der Waals surface area contributed by atoms with Gasteiger partial charge in [-0.25, -0.2) is 0 Å². The Morgan fingerprint density at radius 1 is 0.725 bits per heavy atom. The van der Waals surface area contributed by atoms with Gasteiger partial charge in [0, 0.05) is 12.8 Å². The van der Waals surface area contributed by atoms with E-state index in [2.05, 4.69) is 26.0 Å². The van der Waals surface area contributed by atoms with Crippen molar-refractivity contribution in [2.75, 3.05) is 47.5 Å². The average molecular weight is 744 g/mol. The Labute approximate surface area is 311 Å². The summed E-state index contributed by atoms with van der Waals surface area (Å²) < 4.78 is 33.7. The van der Waals surface area contributed by atoms with E-state index in [-0.39, 0.29) is 26.1 Å². The molecule has 11 heteroatoms. The largest absolute Gasteiger partial charge is 0.756 e. The Balaban J connectivity index is 4.52. The number of nitrogens with zero attached hydrogens (tertiary/aromatic N) is 1. The zero-order valence-electron chi connectivity index (χ0n) is 32.9. The van der Waals surface area contributed by atoms with Crippen LogP contribution in [0.25, 0.3) is 0 Å². The van der Waals surface area contributed by atoms with Gasteiger partial charge in [-0.3, -0.25) is 14.2 Å². The molecule has 0 bridgehead atoms. The highest BCUT2D eigenvalue weighted by Gasteiger charge is 2.21. The van der Waals surface area contributed by atoms with Gasteiger partial charge in [0.2, 0.25) is 0 Å². The molecule has 0 aliphatic rings. The second kappa shape index (κ2) is 32.8. The van der Waals surface area contributed by atoms with Gasteiger partial charge in [0.05, 0.1) is 33.9 Å². The lowest BCUT2D eigenvalue weighted by Crippen LogP contribution is -2.37. The first-order valence-corrected chi connectivity index (χ1v) is 21.3. The molecule has 0 radical (unpaired) electrons. The number of esters is 2. The van der Waals surface area contributed by atoms with Gasteiger partial charge in [-0.05, 0) is 32.1 Å². The smallest absolute Gasteiger partial charge is 0.306 e. The Morgan fingerprint density at radius 3 is 1.88 bits per heavy atom. The van der Waals surface area contributed by atoms with E-state index in [9.17, 15) is 24.2 Å². The molecule has 0 heterocycles. The highest BCUT2D eigenvalue weighted by atomic mass is 31.2. The van der Waals surface area contributed by atoms with Crippen molar-refractivity contribution < 1.29 is 47.2 Å². The van der Waals surface area contributed by atoms with Crippen LogP contribution in [0.4, 0.5) is 0 Å². The number of phosphoric acid groups is 1. The summed E-state index contributed by atoms with van der Waals surface area (Å²) in [7, 11) is 1.10. The van der Waals surface area contributed by atoms with Crippen molar-refractivity contribution in [1.82, 2.24) is 0 Å². The van der Waals surface area contributed by atoms with Gasteiger partial charge < -0.3 is 33.0 Å². The molecular weight excluding hydrogens is 669 g/mol. The van der Waals surface area contributed by atoms with Gasteiger partial charge in [0.25, 0.3) is 7.82 Å². The number of quaternary nitrogens is 1. The van der Waals surface area contributed by atoms with Crippen LogP contribution < -0.4 is 4.89 Å². The Kier molecular flexibility index (Phi) is 31.6. The summed E-state index contributed by atoms with van der Waals surface area (Å²) in [5.74, 6) is -0.913. The lowest BCUT2D eigenvalue weighted by Gasteiger charge is -2.28. The number of hydrogen-bond acceptors (Lipinski definition) is 9. The summed E-state index contributed by atoms with van der Waals surface area (Å²) in [6.07, 6.45) is 30.5. The molecule has 1 N–H and O–H groups in total. The van der Waals surface area contributed by atoms with Crippen LogP contribution in [0.3, 0.4) is 0 Å². The van der Waals surface area contributed by atoms with Gasteiger partial charge in [-0.2, -0.15) is 0 Å². The van der Waals surface area contributed by atoms with Gasteiger partial charge in [0.15, 0.2) is 6.10 Å². The maximum Gasteiger partial charge on any atom is 0.306 e. The van der Waals surface area contributed by atoms with Crippen LogP contribution >= 0.6 is 7.82 Å². The van der Waals surface area contributed by atoms with Crippen LogP contribution in [0.1, 0.15) is 149 Å². The first kappa shape index (κ1) is 49.2. The first-order chi connectivity index (χ1) is 24.4. The number of rotatable bonds is 35. The number of hydrogen-bond donors (Lipinski definition) is 1. The predicted octanol–water partition coefficient (Wildman–Crippen LogP) is 8.91. The van der Waals surface area contributed by atoms with Crippen LogP contribution in [0.15, 0.2) is 36.5 Å². The van der Waals surface area contributed by atoms with E-state index < -0.39 is 38.6 Å². The molecule has 3 atom stereocenters. The van der Waals surface area contributed by atoms with E-state index in [1.807, 2.05) is 39.4 Å². The van der Waals surface area contributed by atoms with Crippen molar-refractivity contribution in [2.45, 2.75) is 161 Å². The molecular formula is C40H74NO9P. The van der Waals surface area contributed by atoms with E-state index in [4.69, 9.17) is 18.5 Å². The molecule has 0 aliphatic heterocycles. The summed E-state index contributed by atoms with van der Waals surface area (Å²) in [5, 5.41) is 10.1. The predicted molar refractivity (Wildman–Crippen MR) is 205 cm³/mol. The van der Waals surface area contributed by atoms with Crippen LogP contribution in [0.5, 0.6) is 0 Å². The highest BCUT2D eigenvalue weighted by Crippen LogP contribution is 2.38. The molecule has 0 saturated carbocycles. The Bertz CT molecular complexity index is 993. The molecule has 2 unspecified atom stereocenters. The van der Waals surface area contributed by atoms with Gasteiger partial charge in [-0.15, -0.1) is 0 Å². The molecule has 51 heavy (non-hydrogen) atoms. The number of likely N-dealkylation sites (N-methyl/N-ethyl adjacent to an activating group) is 1. The van der Waals surface area contributed by atoms with Crippen LogP contribution in [-0.2, 0) is 32.7 Å². The summed E-state index contributed by atoms with van der Waals surface area (Å²) in [6.45, 7) is 3.95. The second-order valence-electron chi connectivity index (χ2n) is 14.5. The minimum Gasteiger partial charge on any atom is -0.756 e. The van der Waals surface area contributed by atoms with Crippen molar-refractivity contribution in [3.8, 4) is 0 Å². The first-order valence-electron chi connectivity index (χ1n) is 19.8.